The highest BCUT2D eigenvalue weighted by Gasteiger charge is 2.27. The monoisotopic (exact) mass is 478 g/mol. The van der Waals surface area contributed by atoms with Crippen molar-refractivity contribution in [2.75, 3.05) is 5.32 Å². The van der Waals surface area contributed by atoms with E-state index in [4.69, 9.17) is 9.98 Å². The van der Waals surface area contributed by atoms with E-state index in [1.807, 2.05) is 6.07 Å². The highest BCUT2D eigenvalue weighted by atomic mass is 16.3. The molecule has 11 heteroatoms. The lowest BCUT2D eigenvalue weighted by Crippen LogP contribution is -2.40. The largest absolute Gasteiger partial charge is 0.493 e. The van der Waals surface area contributed by atoms with Crippen LogP contribution in [-0.2, 0) is 4.79 Å². The molecule has 0 aromatic carbocycles. The normalized spacial score (nSPS) is 23.7. The van der Waals surface area contributed by atoms with Gasteiger partial charge in [-0.15, -0.1) is 0 Å². The molecule has 5 N–H and O–H groups in total. The Morgan fingerprint density at radius 2 is 1.91 bits per heavy atom. The fourth-order valence-corrected chi connectivity index (χ4v) is 4.73. The molecular weight excluding hydrogens is 448 g/mol. The fraction of sp³-hybridized carbons (Fsp3) is 0.542. The van der Waals surface area contributed by atoms with Gasteiger partial charge in [-0.05, 0) is 63.4 Å². The van der Waals surface area contributed by atoms with Gasteiger partial charge in [-0.2, -0.15) is 9.61 Å². The summed E-state index contributed by atoms with van der Waals surface area (Å²) in [6.07, 6.45) is 12.3. The van der Waals surface area contributed by atoms with Crippen LogP contribution in [0.3, 0.4) is 0 Å². The summed E-state index contributed by atoms with van der Waals surface area (Å²) in [4.78, 5) is 38.2. The Labute approximate surface area is 200 Å². The molecule has 0 spiro atoms. The number of nitrogens with zero attached hydrogens (tertiary/aromatic N) is 4. The maximum absolute atomic E-state index is 12.2. The summed E-state index contributed by atoms with van der Waals surface area (Å²) in [6.45, 7) is 0. The summed E-state index contributed by atoms with van der Waals surface area (Å²) in [5, 5.41) is 21.9. The highest BCUT2D eigenvalue weighted by molar-refractivity contribution is 5.76. The molecule has 0 aliphatic heterocycles. The van der Waals surface area contributed by atoms with Gasteiger partial charge < -0.3 is 20.7 Å². The van der Waals surface area contributed by atoms with Crippen molar-refractivity contribution in [1.82, 2.24) is 29.9 Å². The van der Waals surface area contributed by atoms with Gasteiger partial charge in [0.15, 0.2) is 11.1 Å². The Bertz CT molecular complexity index is 1420. The topological polar surface area (TPSA) is 153 Å². The number of hydrogen-bond acceptors (Lipinski definition) is 7. The minimum Gasteiger partial charge on any atom is -0.493 e. The first-order valence-electron chi connectivity index (χ1n) is 12.5. The number of aromatic amines is 2. The molecule has 0 unspecified atom stereocenters. The molecule has 0 saturated heterocycles. The van der Waals surface area contributed by atoms with Gasteiger partial charge in [0, 0.05) is 29.8 Å². The maximum atomic E-state index is 12.2. The van der Waals surface area contributed by atoms with Gasteiger partial charge in [-0.25, -0.2) is 9.78 Å². The lowest BCUT2D eigenvalue weighted by Gasteiger charge is -2.30. The molecule has 3 aromatic heterocycles. The average molecular weight is 479 g/mol. The molecule has 3 fully saturated rings. The van der Waals surface area contributed by atoms with Gasteiger partial charge >= 0.3 is 5.69 Å². The molecule has 3 heterocycles. The van der Waals surface area contributed by atoms with Crippen molar-refractivity contribution in [3.8, 4) is 5.88 Å². The van der Waals surface area contributed by atoms with Crippen molar-refractivity contribution in [3.63, 3.8) is 0 Å². The molecule has 1 amide bonds. The van der Waals surface area contributed by atoms with Crippen LogP contribution < -0.4 is 27.0 Å². The van der Waals surface area contributed by atoms with Crippen molar-refractivity contribution < 1.29 is 9.90 Å². The summed E-state index contributed by atoms with van der Waals surface area (Å²) in [5.74, 6) is 1.30. The van der Waals surface area contributed by atoms with Gasteiger partial charge in [-0.3, -0.25) is 14.8 Å². The van der Waals surface area contributed by atoms with E-state index in [0.717, 1.165) is 49.8 Å². The Kier molecular flexibility index (Phi) is 5.54. The SMILES string of the molecule is O=C(CC1CC1)NC1CCC(Nc2cc(=NC3CC3)n3ncc(=Cc4[nH]c(=O)[nH]c4O)c3n2)CC1. The Morgan fingerprint density at radius 1 is 1.14 bits per heavy atom. The molecule has 0 radical (unpaired) electrons. The van der Waals surface area contributed by atoms with Gasteiger partial charge in [0.25, 0.3) is 0 Å². The Morgan fingerprint density at radius 3 is 2.60 bits per heavy atom. The van der Waals surface area contributed by atoms with E-state index in [9.17, 15) is 14.7 Å². The molecule has 3 aliphatic rings. The Hall–Kier alpha value is -3.63. The van der Waals surface area contributed by atoms with Crippen molar-refractivity contribution >= 4 is 23.4 Å². The minimum absolute atomic E-state index is 0.196. The van der Waals surface area contributed by atoms with Gasteiger partial charge in [-0.1, -0.05) is 0 Å². The number of imidazole rings is 1. The molecule has 184 valence electrons. The van der Waals surface area contributed by atoms with Crippen LogP contribution in [0.25, 0.3) is 11.7 Å². The number of carbonyl (C=O) groups excluding carboxylic acids is 1. The van der Waals surface area contributed by atoms with Crippen LogP contribution in [0.2, 0.25) is 0 Å². The number of rotatable bonds is 7. The number of hydrogen-bond donors (Lipinski definition) is 5. The van der Waals surface area contributed by atoms with Crippen LogP contribution in [0.5, 0.6) is 5.88 Å². The number of carbonyl (C=O) groups is 1. The van der Waals surface area contributed by atoms with Gasteiger partial charge in [0.1, 0.15) is 11.5 Å². The van der Waals surface area contributed by atoms with Crippen LogP contribution >= 0.6 is 0 Å². The van der Waals surface area contributed by atoms with Gasteiger partial charge in [0.05, 0.1) is 12.2 Å². The second-order valence-corrected chi connectivity index (χ2v) is 10.1. The third-order valence-corrected chi connectivity index (χ3v) is 6.99. The first kappa shape index (κ1) is 21.9. The summed E-state index contributed by atoms with van der Waals surface area (Å²) < 4.78 is 1.70. The lowest BCUT2D eigenvalue weighted by molar-refractivity contribution is -0.122. The second kappa shape index (κ2) is 8.86. The van der Waals surface area contributed by atoms with Crippen LogP contribution in [0.15, 0.2) is 22.1 Å². The predicted molar refractivity (Wildman–Crippen MR) is 129 cm³/mol. The summed E-state index contributed by atoms with van der Waals surface area (Å²) in [5.41, 5.74) is 1.11. The van der Waals surface area contributed by atoms with E-state index >= 15 is 0 Å². The van der Waals surface area contributed by atoms with Gasteiger partial charge in [0.2, 0.25) is 11.8 Å². The van der Waals surface area contributed by atoms with Crippen LogP contribution in [0.4, 0.5) is 5.82 Å². The van der Waals surface area contributed by atoms with E-state index < -0.39 is 5.69 Å². The zero-order valence-corrected chi connectivity index (χ0v) is 19.5. The lowest BCUT2D eigenvalue weighted by atomic mass is 9.91. The standard InChI is InChI=1S/C24H30N8O3/c33-21(9-13-1-2-13)28-17-7-3-15(4-8-17)26-19-11-20(27-16-5-6-16)32-22(30-19)14(12-25-32)10-18-23(34)31-24(35)29-18/h10-13,15-17,26,34H,1-9H2,(H,28,33)(H2,29,31,35). The molecule has 11 nitrogen and oxygen atoms in total. The van der Waals surface area contributed by atoms with Crippen molar-refractivity contribution in [2.45, 2.75) is 75.9 Å². The number of aromatic hydroxyl groups is 1. The van der Waals surface area contributed by atoms with Crippen LogP contribution in [-0.4, -0.2) is 53.7 Å². The molecule has 3 saturated carbocycles. The molecule has 35 heavy (non-hydrogen) atoms. The zero-order valence-electron chi connectivity index (χ0n) is 19.5. The van der Waals surface area contributed by atoms with E-state index in [2.05, 4.69) is 25.7 Å². The maximum Gasteiger partial charge on any atom is 0.326 e. The number of H-pyrrole nitrogens is 2. The third-order valence-electron chi connectivity index (χ3n) is 6.99. The first-order chi connectivity index (χ1) is 17.0. The summed E-state index contributed by atoms with van der Waals surface area (Å²) in [7, 11) is 0. The average Bonchev–Trinajstić information content (AvgIpc) is 3.74. The fourth-order valence-electron chi connectivity index (χ4n) is 4.73. The molecule has 0 bridgehead atoms. The number of anilines is 1. The minimum atomic E-state index is -0.482. The summed E-state index contributed by atoms with van der Waals surface area (Å²) >= 11 is 0. The highest BCUT2D eigenvalue weighted by Crippen LogP contribution is 2.32. The van der Waals surface area contributed by atoms with Crippen molar-refractivity contribution in [1.29, 1.82) is 0 Å². The smallest absolute Gasteiger partial charge is 0.326 e. The summed E-state index contributed by atoms with van der Waals surface area (Å²) in [6, 6.07) is 2.75. The zero-order chi connectivity index (χ0) is 23.9. The van der Waals surface area contributed by atoms with E-state index in [0.29, 0.717) is 29.2 Å². The molecule has 0 atom stereocenters. The molecule has 3 aliphatic carbocycles. The number of aromatic nitrogens is 5. The quantitative estimate of drug-likeness (QED) is 0.337. The van der Waals surface area contributed by atoms with Crippen molar-refractivity contribution in [2.24, 2.45) is 10.9 Å². The number of fused-ring (bicyclic) bond motifs is 1. The molecule has 6 rings (SSSR count). The number of amides is 1. The van der Waals surface area contributed by atoms with Crippen molar-refractivity contribution in [3.05, 3.63) is 39.1 Å². The predicted octanol–water partition coefficient (Wildman–Crippen LogP) is 0.702. The number of nitrogens with one attached hydrogen (secondary N) is 4. The van der Waals surface area contributed by atoms with E-state index in [-0.39, 0.29) is 29.6 Å². The molecule has 3 aromatic rings. The van der Waals surface area contributed by atoms with Crippen LogP contribution in [0.1, 0.15) is 63.5 Å². The Balaban J connectivity index is 1.22. The first-order valence-corrected chi connectivity index (χ1v) is 12.5. The van der Waals surface area contributed by atoms with E-state index in [1.54, 1.807) is 16.8 Å². The third kappa shape index (κ3) is 5.08. The molecular formula is C24H30N8O3. The van der Waals surface area contributed by atoms with E-state index in [1.165, 1.54) is 12.8 Å². The van der Waals surface area contributed by atoms with Crippen LogP contribution in [0, 0.1) is 5.92 Å². The second-order valence-electron chi connectivity index (χ2n) is 10.1.